The first kappa shape index (κ1) is 18.2. The Balaban J connectivity index is 0.00000200. The summed E-state index contributed by atoms with van der Waals surface area (Å²) in [6.07, 6.45) is -4.29. The van der Waals surface area contributed by atoms with Gasteiger partial charge in [0.15, 0.2) is 0 Å². The van der Waals surface area contributed by atoms with Crippen molar-refractivity contribution in [3.8, 4) is 0 Å². The lowest BCUT2D eigenvalue weighted by Gasteiger charge is -2.36. The van der Waals surface area contributed by atoms with Gasteiger partial charge in [0.25, 0.3) is 0 Å². The third kappa shape index (κ3) is 4.34. The van der Waals surface area contributed by atoms with Crippen LogP contribution in [0.4, 0.5) is 13.2 Å². The van der Waals surface area contributed by atoms with Crippen molar-refractivity contribution in [2.45, 2.75) is 12.2 Å². The summed E-state index contributed by atoms with van der Waals surface area (Å²) in [5.41, 5.74) is 0.253. The molecular weight excluding hydrogens is 424 g/mol. The minimum absolute atomic E-state index is 0. The summed E-state index contributed by atoms with van der Waals surface area (Å²) in [5, 5.41) is 3.07. The van der Waals surface area contributed by atoms with Crippen LogP contribution >= 0.6 is 44.3 Å². The molecule has 114 valence electrons. The van der Waals surface area contributed by atoms with E-state index in [-0.39, 0.29) is 18.0 Å². The Morgan fingerprint density at radius 3 is 2.30 bits per heavy atom. The summed E-state index contributed by atoms with van der Waals surface area (Å²) >= 11 is 6.46. The Hall–Kier alpha value is 0.180. The Kier molecular flexibility index (Phi) is 6.79. The number of alkyl halides is 3. The zero-order chi connectivity index (χ0) is 14.0. The maximum absolute atomic E-state index is 13.4. The lowest BCUT2D eigenvalue weighted by atomic mass is 10.0. The van der Waals surface area contributed by atoms with Gasteiger partial charge in [-0.05, 0) is 23.8 Å². The monoisotopic (exact) mass is 436 g/mol. The fourth-order valence-electron chi connectivity index (χ4n) is 2.24. The van der Waals surface area contributed by atoms with E-state index in [1.54, 1.807) is 12.1 Å². The molecule has 0 spiro atoms. The largest absolute Gasteiger partial charge is 0.408 e. The minimum atomic E-state index is -4.29. The summed E-state index contributed by atoms with van der Waals surface area (Å²) in [4.78, 5) is 1.48. The van der Waals surface area contributed by atoms with Gasteiger partial charge >= 0.3 is 6.18 Å². The first-order valence-corrected chi connectivity index (χ1v) is 7.44. The predicted molar refractivity (Wildman–Crippen MR) is 82.3 cm³/mol. The maximum atomic E-state index is 13.4. The highest BCUT2D eigenvalue weighted by molar-refractivity contribution is 9.11. The molecule has 0 amide bonds. The zero-order valence-electron chi connectivity index (χ0n) is 10.4. The molecular formula is C12H14Br2ClF3N2. The third-order valence-corrected chi connectivity index (χ3v) is 4.29. The third-order valence-electron chi connectivity index (χ3n) is 3.08. The normalized spacial score (nSPS) is 18.4. The van der Waals surface area contributed by atoms with E-state index in [1.165, 1.54) is 11.0 Å². The molecule has 1 aromatic rings. The summed E-state index contributed by atoms with van der Waals surface area (Å²) < 4.78 is 41.3. The average Bonchev–Trinajstić information content (AvgIpc) is 2.33. The van der Waals surface area contributed by atoms with Gasteiger partial charge < -0.3 is 5.32 Å². The van der Waals surface area contributed by atoms with Crippen LogP contribution in [0, 0.1) is 0 Å². The van der Waals surface area contributed by atoms with Crippen LogP contribution < -0.4 is 5.32 Å². The maximum Gasteiger partial charge on any atom is 0.408 e. The van der Waals surface area contributed by atoms with Crippen molar-refractivity contribution < 1.29 is 13.2 Å². The Bertz CT molecular complexity index is 451. The summed E-state index contributed by atoms with van der Waals surface area (Å²) in [6, 6.07) is 3.32. The van der Waals surface area contributed by atoms with E-state index in [2.05, 4.69) is 37.2 Å². The van der Waals surface area contributed by atoms with Crippen LogP contribution in [0.15, 0.2) is 27.1 Å². The lowest BCUT2D eigenvalue weighted by Crippen LogP contribution is -2.49. The van der Waals surface area contributed by atoms with E-state index in [9.17, 15) is 13.2 Å². The number of hydrogen-bond donors (Lipinski definition) is 1. The molecule has 1 aliphatic rings. The van der Waals surface area contributed by atoms with Crippen molar-refractivity contribution in [1.29, 1.82) is 0 Å². The molecule has 1 saturated heterocycles. The molecule has 1 fully saturated rings. The number of rotatable bonds is 2. The number of piperazine rings is 1. The minimum Gasteiger partial charge on any atom is -0.314 e. The number of nitrogens with one attached hydrogen (secondary N) is 1. The molecule has 0 bridgehead atoms. The van der Waals surface area contributed by atoms with Gasteiger partial charge in [-0.15, -0.1) is 12.4 Å². The van der Waals surface area contributed by atoms with Crippen LogP contribution in [0.5, 0.6) is 0 Å². The predicted octanol–water partition coefficient (Wildman–Crippen LogP) is 4.14. The molecule has 0 saturated carbocycles. The van der Waals surface area contributed by atoms with E-state index in [0.717, 1.165) is 0 Å². The van der Waals surface area contributed by atoms with Crippen LogP contribution in [0.3, 0.4) is 0 Å². The molecule has 20 heavy (non-hydrogen) atoms. The molecule has 0 aliphatic carbocycles. The van der Waals surface area contributed by atoms with E-state index < -0.39 is 12.2 Å². The highest BCUT2D eigenvalue weighted by Crippen LogP contribution is 2.41. The summed E-state index contributed by atoms with van der Waals surface area (Å²) in [6.45, 7) is 1.95. The molecule has 0 radical (unpaired) electrons. The van der Waals surface area contributed by atoms with Crippen molar-refractivity contribution >= 4 is 44.3 Å². The van der Waals surface area contributed by atoms with Gasteiger partial charge in [-0.2, -0.15) is 13.2 Å². The number of nitrogens with zero attached hydrogens (tertiary/aromatic N) is 1. The van der Waals surface area contributed by atoms with Crippen molar-refractivity contribution in [3.63, 3.8) is 0 Å². The lowest BCUT2D eigenvalue weighted by molar-refractivity contribution is -0.188. The molecule has 1 N–H and O–H groups in total. The molecule has 0 aromatic heterocycles. The molecule has 0 unspecified atom stereocenters. The van der Waals surface area contributed by atoms with Crippen LogP contribution in [0.25, 0.3) is 0 Å². The average molecular weight is 439 g/mol. The number of halogens is 6. The second-order valence-corrected chi connectivity index (χ2v) is 6.17. The van der Waals surface area contributed by atoms with E-state index in [4.69, 9.17) is 0 Å². The summed E-state index contributed by atoms with van der Waals surface area (Å²) in [5.74, 6) is 0. The Morgan fingerprint density at radius 1 is 1.15 bits per heavy atom. The zero-order valence-corrected chi connectivity index (χ0v) is 14.4. The molecule has 2 nitrogen and oxygen atoms in total. The van der Waals surface area contributed by atoms with Gasteiger partial charge in [0, 0.05) is 35.1 Å². The van der Waals surface area contributed by atoms with Crippen LogP contribution in [-0.4, -0.2) is 37.3 Å². The SMILES string of the molecule is Cl.FC(F)(F)[C@H](c1cc(Br)ccc1Br)N1CCNCC1. The molecule has 1 aliphatic heterocycles. The van der Waals surface area contributed by atoms with Gasteiger partial charge in [0.05, 0.1) is 0 Å². The van der Waals surface area contributed by atoms with Crippen molar-refractivity contribution in [2.24, 2.45) is 0 Å². The Morgan fingerprint density at radius 2 is 1.75 bits per heavy atom. The summed E-state index contributed by atoms with van der Waals surface area (Å²) in [7, 11) is 0. The first-order chi connectivity index (χ1) is 8.89. The van der Waals surface area contributed by atoms with Gasteiger partial charge in [-0.25, -0.2) is 0 Å². The fraction of sp³-hybridized carbons (Fsp3) is 0.500. The molecule has 1 aromatic carbocycles. The van der Waals surface area contributed by atoms with Gasteiger partial charge in [0.1, 0.15) is 6.04 Å². The van der Waals surface area contributed by atoms with Crippen molar-refractivity contribution in [1.82, 2.24) is 10.2 Å². The first-order valence-electron chi connectivity index (χ1n) is 5.86. The van der Waals surface area contributed by atoms with Crippen LogP contribution in [-0.2, 0) is 0 Å². The van der Waals surface area contributed by atoms with Crippen molar-refractivity contribution in [2.75, 3.05) is 26.2 Å². The number of benzene rings is 1. The van der Waals surface area contributed by atoms with Crippen molar-refractivity contribution in [3.05, 3.63) is 32.7 Å². The number of hydrogen-bond acceptors (Lipinski definition) is 2. The molecule has 2 rings (SSSR count). The van der Waals surface area contributed by atoms with E-state index >= 15 is 0 Å². The van der Waals surface area contributed by atoms with Crippen LogP contribution in [0.1, 0.15) is 11.6 Å². The highest BCUT2D eigenvalue weighted by atomic mass is 79.9. The van der Waals surface area contributed by atoms with Gasteiger partial charge in [0.2, 0.25) is 0 Å². The van der Waals surface area contributed by atoms with E-state index in [0.29, 0.717) is 35.1 Å². The smallest absolute Gasteiger partial charge is 0.314 e. The second kappa shape index (κ2) is 7.45. The standard InChI is InChI=1S/C12H13Br2F3N2.ClH/c13-8-1-2-10(14)9(7-8)11(12(15,16)17)19-5-3-18-4-6-19;/h1-2,7,11,18H,3-6H2;1H/t11-;/m0./s1. The van der Waals surface area contributed by atoms with Gasteiger partial charge in [-0.3, -0.25) is 4.90 Å². The quantitative estimate of drug-likeness (QED) is 0.747. The molecule has 1 heterocycles. The second-order valence-electron chi connectivity index (χ2n) is 4.40. The topological polar surface area (TPSA) is 15.3 Å². The highest BCUT2D eigenvalue weighted by Gasteiger charge is 2.45. The fourth-order valence-corrected chi connectivity index (χ4v) is 3.09. The van der Waals surface area contributed by atoms with Crippen LogP contribution in [0.2, 0.25) is 0 Å². The van der Waals surface area contributed by atoms with Gasteiger partial charge in [-0.1, -0.05) is 31.9 Å². The Labute approximate surface area is 138 Å². The molecule has 1 atom stereocenters. The molecule has 8 heteroatoms. The van der Waals surface area contributed by atoms with E-state index in [1.807, 2.05) is 0 Å².